The maximum Gasteiger partial charge on any atom is 0.322 e. The molecule has 23 heavy (non-hydrogen) atoms. The fourth-order valence-corrected chi connectivity index (χ4v) is 2.85. The summed E-state index contributed by atoms with van der Waals surface area (Å²) in [5.74, 6) is -1.36. The van der Waals surface area contributed by atoms with Crippen molar-refractivity contribution in [3.63, 3.8) is 0 Å². The lowest BCUT2D eigenvalue weighted by molar-refractivity contribution is -0.133. The summed E-state index contributed by atoms with van der Waals surface area (Å²) in [4.78, 5) is 36.1. The summed E-state index contributed by atoms with van der Waals surface area (Å²) in [5, 5.41) is 7.35. The average molecular weight is 321 g/mol. The van der Waals surface area contributed by atoms with Gasteiger partial charge in [0, 0.05) is 18.5 Å². The Morgan fingerprint density at radius 1 is 1.48 bits per heavy atom. The van der Waals surface area contributed by atoms with Crippen LogP contribution in [0.1, 0.15) is 25.3 Å². The van der Waals surface area contributed by atoms with E-state index in [0.717, 1.165) is 12.5 Å². The number of amides is 4. The van der Waals surface area contributed by atoms with Crippen LogP contribution in [0.15, 0.2) is 18.2 Å². The number of hydrogen-bond acceptors (Lipinski definition) is 4. The Bertz CT molecular complexity index is 693. The normalized spacial score (nSPS) is 25.4. The molecule has 122 valence electrons. The SMILES string of the molecule is CCCNC(=O)[C@@H]1C[C@]2(NC(=O)NC2=O)c2cc(F)ccc2O1. The third kappa shape index (κ3) is 2.49. The molecule has 1 spiro atoms. The predicted octanol–water partition coefficient (Wildman–Crippen LogP) is 0.538. The van der Waals surface area contributed by atoms with Crippen molar-refractivity contribution >= 4 is 17.8 Å². The Morgan fingerprint density at radius 3 is 2.91 bits per heavy atom. The number of halogens is 1. The van der Waals surface area contributed by atoms with Crippen LogP contribution in [0.5, 0.6) is 5.75 Å². The highest BCUT2D eigenvalue weighted by molar-refractivity contribution is 6.08. The highest BCUT2D eigenvalue weighted by atomic mass is 19.1. The van der Waals surface area contributed by atoms with Gasteiger partial charge in [-0.15, -0.1) is 0 Å². The lowest BCUT2D eigenvalue weighted by Crippen LogP contribution is -2.54. The van der Waals surface area contributed by atoms with Gasteiger partial charge in [0.2, 0.25) is 0 Å². The molecule has 0 radical (unpaired) electrons. The molecule has 7 nitrogen and oxygen atoms in total. The molecule has 4 amide bonds. The minimum atomic E-state index is -1.50. The lowest BCUT2D eigenvalue weighted by Gasteiger charge is -2.36. The van der Waals surface area contributed by atoms with Crippen molar-refractivity contribution in [1.29, 1.82) is 0 Å². The molecule has 2 aliphatic heterocycles. The fraction of sp³-hybridized carbons (Fsp3) is 0.400. The van der Waals surface area contributed by atoms with Crippen molar-refractivity contribution in [2.75, 3.05) is 6.54 Å². The first-order valence-electron chi connectivity index (χ1n) is 7.34. The van der Waals surface area contributed by atoms with E-state index in [2.05, 4.69) is 16.0 Å². The van der Waals surface area contributed by atoms with Crippen LogP contribution < -0.4 is 20.7 Å². The summed E-state index contributed by atoms with van der Waals surface area (Å²) >= 11 is 0. The van der Waals surface area contributed by atoms with Gasteiger partial charge in [-0.1, -0.05) is 6.92 Å². The zero-order chi connectivity index (χ0) is 16.6. The zero-order valence-electron chi connectivity index (χ0n) is 12.4. The van der Waals surface area contributed by atoms with Crippen molar-refractivity contribution in [3.8, 4) is 5.75 Å². The van der Waals surface area contributed by atoms with E-state index in [1.807, 2.05) is 6.92 Å². The topological polar surface area (TPSA) is 96.5 Å². The molecule has 1 aromatic carbocycles. The number of benzene rings is 1. The van der Waals surface area contributed by atoms with Crippen LogP contribution in [0.3, 0.4) is 0 Å². The van der Waals surface area contributed by atoms with E-state index in [4.69, 9.17) is 4.74 Å². The Balaban J connectivity index is 2.01. The van der Waals surface area contributed by atoms with E-state index in [-0.39, 0.29) is 23.6 Å². The molecule has 2 aliphatic rings. The second-order valence-corrected chi connectivity index (χ2v) is 5.56. The summed E-state index contributed by atoms with van der Waals surface area (Å²) in [7, 11) is 0. The fourth-order valence-electron chi connectivity index (χ4n) is 2.85. The van der Waals surface area contributed by atoms with Gasteiger partial charge in [-0.25, -0.2) is 9.18 Å². The molecule has 2 heterocycles. The highest BCUT2D eigenvalue weighted by Gasteiger charge is 2.54. The van der Waals surface area contributed by atoms with E-state index in [1.165, 1.54) is 12.1 Å². The monoisotopic (exact) mass is 321 g/mol. The van der Waals surface area contributed by atoms with E-state index in [9.17, 15) is 18.8 Å². The Morgan fingerprint density at radius 2 is 2.26 bits per heavy atom. The maximum absolute atomic E-state index is 13.6. The first kappa shape index (κ1) is 15.3. The Labute approximate surface area is 131 Å². The van der Waals surface area contributed by atoms with Gasteiger partial charge in [0.1, 0.15) is 11.6 Å². The molecule has 3 rings (SSSR count). The van der Waals surface area contributed by atoms with E-state index in [0.29, 0.717) is 6.54 Å². The van der Waals surface area contributed by atoms with Crippen LogP contribution >= 0.6 is 0 Å². The number of hydrogen-bond donors (Lipinski definition) is 3. The summed E-state index contributed by atoms with van der Waals surface area (Å²) in [5.41, 5.74) is -1.29. The number of fused-ring (bicyclic) bond motifs is 2. The molecule has 0 aromatic heterocycles. The molecule has 0 aliphatic carbocycles. The Hall–Kier alpha value is -2.64. The van der Waals surface area contributed by atoms with Gasteiger partial charge in [0.15, 0.2) is 11.6 Å². The molecule has 0 bridgehead atoms. The Kier molecular flexibility index (Phi) is 3.67. The zero-order valence-corrected chi connectivity index (χ0v) is 12.4. The number of carbonyl (C=O) groups excluding carboxylic acids is 3. The van der Waals surface area contributed by atoms with Crippen molar-refractivity contribution in [2.45, 2.75) is 31.4 Å². The largest absolute Gasteiger partial charge is 0.480 e. The number of carbonyl (C=O) groups is 3. The molecule has 8 heteroatoms. The first-order valence-corrected chi connectivity index (χ1v) is 7.34. The smallest absolute Gasteiger partial charge is 0.322 e. The second-order valence-electron chi connectivity index (χ2n) is 5.56. The average Bonchev–Trinajstić information content (AvgIpc) is 2.79. The number of urea groups is 1. The molecule has 0 saturated carbocycles. The molecule has 3 N–H and O–H groups in total. The first-order chi connectivity index (χ1) is 11.0. The van der Waals surface area contributed by atoms with Crippen LogP contribution in [0.25, 0.3) is 0 Å². The van der Waals surface area contributed by atoms with Gasteiger partial charge in [-0.3, -0.25) is 14.9 Å². The second kappa shape index (κ2) is 5.53. The standard InChI is InChI=1S/C15H16FN3O4/c1-2-5-17-12(20)11-7-15(13(21)18-14(22)19-15)9-6-8(16)3-4-10(9)23-11/h3-4,6,11H,2,5,7H2,1H3,(H,17,20)(H2,18,19,21,22)/t11-,15-/m0/s1. The van der Waals surface area contributed by atoms with Crippen molar-refractivity contribution in [3.05, 3.63) is 29.6 Å². The van der Waals surface area contributed by atoms with Gasteiger partial charge in [0.05, 0.1) is 0 Å². The molecule has 2 atom stereocenters. The molecule has 1 saturated heterocycles. The van der Waals surface area contributed by atoms with Gasteiger partial charge in [-0.2, -0.15) is 0 Å². The predicted molar refractivity (Wildman–Crippen MR) is 77.1 cm³/mol. The number of ether oxygens (including phenoxy) is 1. The van der Waals surface area contributed by atoms with E-state index < -0.39 is 29.4 Å². The highest BCUT2D eigenvalue weighted by Crippen LogP contribution is 2.41. The molecular formula is C15H16FN3O4. The van der Waals surface area contributed by atoms with E-state index >= 15 is 0 Å². The summed E-state index contributed by atoms with van der Waals surface area (Å²) in [6, 6.07) is 2.98. The van der Waals surface area contributed by atoms with Crippen LogP contribution in [0.4, 0.5) is 9.18 Å². The van der Waals surface area contributed by atoms with Crippen molar-refractivity contribution in [2.24, 2.45) is 0 Å². The number of imide groups is 1. The molecule has 1 aromatic rings. The van der Waals surface area contributed by atoms with Crippen LogP contribution in [-0.4, -0.2) is 30.5 Å². The van der Waals surface area contributed by atoms with Crippen molar-refractivity contribution in [1.82, 2.24) is 16.0 Å². The number of rotatable bonds is 3. The van der Waals surface area contributed by atoms with Gasteiger partial charge in [0.25, 0.3) is 11.8 Å². The lowest BCUT2D eigenvalue weighted by atomic mass is 9.81. The van der Waals surface area contributed by atoms with Crippen LogP contribution in [0.2, 0.25) is 0 Å². The molecule has 0 unspecified atom stereocenters. The van der Waals surface area contributed by atoms with Crippen LogP contribution in [-0.2, 0) is 15.1 Å². The van der Waals surface area contributed by atoms with Crippen molar-refractivity contribution < 1.29 is 23.5 Å². The molecule has 1 fully saturated rings. The summed E-state index contributed by atoms with van der Waals surface area (Å²) in [6.45, 7) is 2.38. The van der Waals surface area contributed by atoms with Gasteiger partial charge >= 0.3 is 6.03 Å². The summed E-state index contributed by atoms with van der Waals surface area (Å²) < 4.78 is 19.2. The van der Waals surface area contributed by atoms with Gasteiger partial charge < -0.3 is 15.4 Å². The maximum atomic E-state index is 13.6. The minimum Gasteiger partial charge on any atom is -0.480 e. The number of nitrogens with one attached hydrogen (secondary N) is 3. The third-order valence-electron chi connectivity index (χ3n) is 3.95. The summed E-state index contributed by atoms with van der Waals surface area (Å²) in [6.07, 6.45) is -0.303. The van der Waals surface area contributed by atoms with E-state index in [1.54, 1.807) is 0 Å². The van der Waals surface area contributed by atoms with Crippen LogP contribution in [0, 0.1) is 5.82 Å². The molecular weight excluding hydrogens is 305 g/mol. The van der Waals surface area contributed by atoms with Gasteiger partial charge in [-0.05, 0) is 24.6 Å². The minimum absolute atomic E-state index is 0.101. The quantitative estimate of drug-likeness (QED) is 0.708. The third-order valence-corrected chi connectivity index (χ3v) is 3.95.